The fourth-order valence-electron chi connectivity index (χ4n) is 2.32. The molecular weight excluding hydrogens is 266 g/mol. The first kappa shape index (κ1) is 13.5. The molecule has 1 N–H and O–H groups in total. The summed E-state index contributed by atoms with van der Waals surface area (Å²) in [6.07, 6.45) is 0.310. The Bertz CT molecular complexity index is 694. The second kappa shape index (κ2) is 5.48. The molecule has 0 radical (unpaired) electrons. The van der Waals surface area contributed by atoms with Crippen molar-refractivity contribution < 1.29 is 14.3 Å². The zero-order valence-corrected chi connectivity index (χ0v) is 12.1. The lowest BCUT2D eigenvalue weighted by Crippen LogP contribution is -2.15. The van der Waals surface area contributed by atoms with Crippen LogP contribution in [0.25, 0.3) is 0 Å². The number of anilines is 1. The van der Waals surface area contributed by atoms with Crippen molar-refractivity contribution >= 4 is 11.6 Å². The molecule has 21 heavy (non-hydrogen) atoms. The van der Waals surface area contributed by atoms with E-state index in [0.29, 0.717) is 12.2 Å². The summed E-state index contributed by atoms with van der Waals surface area (Å²) in [4.78, 5) is 12.2. The summed E-state index contributed by atoms with van der Waals surface area (Å²) >= 11 is 0. The fourth-order valence-corrected chi connectivity index (χ4v) is 2.32. The van der Waals surface area contributed by atoms with Crippen LogP contribution in [0.15, 0.2) is 36.4 Å². The van der Waals surface area contributed by atoms with E-state index in [1.165, 1.54) is 0 Å². The van der Waals surface area contributed by atoms with Crippen LogP contribution in [0, 0.1) is 13.8 Å². The maximum absolute atomic E-state index is 12.2. The van der Waals surface area contributed by atoms with Crippen LogP contribution in [0.4, 0.5) is 5.69 Å². The van der Waals surface area contributed by atoms with Crippen LogP contribution in [-0.4, -0.2) is 12.7 Å². The Hall–Kier alpha value is -2.49. The molecule has 1 aliphatic heterocycles. The lowest BCUT2D eigenvalue weighted by atomic mass is 10.1. The molecule has 1 aliphatic rings. The highest BCUT2D eigenvalue weighted by Crippen LogP contribution is 2.32. The predicted octanol–water partition coefficient (Wildman–Crippen LogP) is 3.21. The summed E-state index contributed by atoms with van der Waals surface area (Å²) in [5.41, 5.74) is 4.02. The average molecular weight is 283 g/mol. The van der Waals surface area contributed by atoms with Crippen LogP contribution in [-0.2, 0) is 11.2 Å². The number of ether oxygens (including phenoxy) is 2. The number of carbonyl (C=O) groups is 1. The minimum atomic E-state index is -0.0393. The number of carbonyl (C=O) groups excluding carboxylic acids is 1. The molecule has 3 rings (SSSR count). The standard InChI is InChI=1S/C17H17NO3/c1-11-4-3-5-14(12(11)2)18-17(19)9-13-6-7-15-16(8-13)21-10-20-15/h3-8H,9-10H2,1-2H3,(H,18,19). The summed E-state index contributed by atoms with van der Waals surface area (Å²) in [7, 11) is 0. The van der Waals surface area contributed by atoms with Crippen LogP contribution in [0.1, 0.15) is 16.7 Å². The van der Waals surface area contributed by atoms with Gasteiger partial charge in [-0.2, -0.15) is 0 Å². The van der Waals surface area contributed by atoms with Crippen molar-refractivity contribution in [3.05, 3.63) is 53.1 Å². The van der Waals surface area contributed by atoms with Gasteiger partial charge in [-0.05, 0) is 48.7 Å². The normalized spacial score (nSPS) is 12.3. The quantitative estimate of drug-likeness (QED) is 0.941. The third-order valence-electron chi connectivity index (χ3n) is 3.68. The van der Waals surface area contributed by atoms with Gasteiger partial charge in [0, 0.05) is 5.69 Å². The molecule has 0 saturated carbocycles. The number of aryl methyl sites for hydroxylation is 1. The van der Waals surface area contributed by atoms with Crippen molar-refractivity contribution in [1.29, 1.82) is 0 Å². The highest BCUT2D eigenvalue weighted by atomic mass is 16.7. The number of hydrogen-bond donors (Lipinski definition) is 1. The van der Waals surface area contributed by atoms with Gasteiger partial charge in [0.05, 0.1) is 6.42 Å². The summed E-state index contributed by atoms with van der Waals surface area (Å²) in [6.45, 7) is 4.28. The average Bonchev–Trinajstić information content (AvgIpc) is 2.91. The van der Waals surface area contributed by atoms with E-state index >= 15 is 0 Å². The lowest BCUT2D eigenvalue weighted by Gasteiger charge is -2.10. The summed E-state index contributed by atoms with van der Waals surface area (Å²) in [6, 6.07) is 11.5. The van der Waals surface area contributed by atoms with Crippen LogP contribution in [0.3, 0.4) is 0 Å². The van der Waals surface area contributed by atoms with Crippen molar-refractivity contribution in [2.45, 2.75) is 20.3 Å². The third kappa shape index (κ3) is 2.84. The minimum Gasteiger partial charge on any atom is -0.454 e. The second-order valence-corrected chi connectivity index (χ2v) is 5.16. The van der Waals surface area contributed by atoms with Gasteiger partial charge in [-0.25, -0.2) is 0 Å². The summed E-state index contributed by atoms with van der Waals surface area (Å²) < 4.78 is 10.6. The molecule has 0 aromatic heterocycles. The van der Waals surface area contributed by atoms with E-state index < -0.39 is 0 Å². The smallest absolute Gasteiger partial charge is 0.231 e. The Morgan fingerprint density at radius 1 is 1.14 bits per heavy atom. The van der Waals surface area contributed by atoms with Gasteiger partial charge < -0.3 is 14.8 Å². The molecule has 4 heteroatoms. The van der Waals surface area contributed by atoms with Crippen molar-refractivity contribution in [3.63, 3.8) is 0 Å². The lowest BCUT2D eigenvalue weighted by molar-refractivity contribution is -0.115. The Kier molecular flexibility index (Phi) is 3.52. The van der Waals surface area contributed by atoms with Gasteiger partial charge in [0.25, 0.3) is 0 Å². The number of benzene rings is 2. The van der Waals surface area contributed by atoms with E-state index in [1.54, 1.807) is 0 Å². The number of fused-ring (bicyclic) bond motifs is 1. The van der Waals surface area contributed by atoms with E-state index in [-0.39, 0.29) is 12.7 Å². The van der Waals surface area contributed by atoms with Crippen LogP contribution in [0.2, 0.25) is 0 Å². The van der Waals surface area contributed by atoms with Gasteiger partial charge in [0.15, 0.2) is 11.5 Å². The molecule has 1 heterocycles. The topological polar surface area (TPSA) is 47.6 Å². The molecule has 0 aliphatic carbocycles. The number of amides is 1. The van der Waals surface area contributed by atoms with Crippen LogP contribution in [0.5, 0.6) is 11.5 Å². The van der Waals surface area contributed by atoms with Gasteiger partial charge in [-0.15, -0.1) is 0 Å². The van der Waals surface area contributed by atoms with Gasteiger partial charge in [0.1, 0.15) is 0 Å². The predicted molar refractivity (Wildman–Crippen MR) is 80.8 cm³/mol. The SMILES string of the molecule is Cc1cccc(NC(=O)Cc2ccc3c(c2)OCO3)c1C. The van der Waals surface area contributed by atoms with Gasteiger partial charge in [0.2, 0.25) is 12.7 Å². The molecule has 1 amide bonds. The van der Waals surface area contributed by atoms with Crippen LogP contribution >= 0.6 is 0 Å². The number of hydrogen-bond acceptors (Lipinski definition) is 3. The summed E-state index contributed by atoms with van der Waals surface area (Å²) in [5, 5.41) is 2.96. The maximum atomic E-state index is 12.2. The number of rotatable bonds is 3. The monoisotopic (exact) mass is 283 g/mol. The molecule has 0 atom stereocenters. The Labute approximate surface area is 123 Å². The largest absolute Gasteiger partial charge is 0.454 e. The highest BCUT2D eigenvalue weighted by molar-refractivity contribution is 5.93. The number of nitrogens with one attached hydrogen (secondary N) is 1. The Balaban J connectivity index is 1.70. The first-order valence-corrected chi connectivity index (χ1v) is 6.88. The molecule has 2 aromatic rings. The molecule has 4 nitrogen and oxygen atoms in total. The Morgan fingerprint density at radius 3 is 2.81 bits per heavy atom. The van der Waals surface area contributed by atoms with Crippen molar-refractivity contribution in [2.75, 3.05) is 12.1 Å². The molecule has 108 valence electrons. The zero-order chi connectivity index (χ0) is 14.8. The van der Waals surface area contributed by atoms with E-state index in [2.05, 4.69) is 5.32 Å². The first-order chi connectivity index (χ1) is 10.1. The first-order valence-electron chi connectivity index (χ1n) is 6.88. The van der Waals surface area contributed by atoms with Crippen molar-refractivity contribution in [1.82, 2.24) is 0 Å². The molecule has 0 saturated heterocycles. The zero-order valence-electron chi connectivity index (χ0n) is 12.1. The highest BCUT2D eigenvalue weighted by Gasteiger charge is 2.14. The molecule has 0 spiro atoms. The van der Waals surface area contributed by atoms with Gasteiger partial charge >= 0.3 is 0 Å². The molecule has 0 bridgehead atoms. The molecule has 0 fully saturated rings. The van der Waals surface area contributed by atoms with Crippen molar-refractivity contribution in [2.24, 2.45) is 0 Å². The van der Waals surface area contributed by atoms with E-state index in [9.17, 15) is 4.79 Å². The fraction of sp³-hybridized carbons (Fsp3) is 0.235. The summed E-state index contributed by atoms with van der Waals surface area (Å²) in [5.74, 6) is 1.39. The molecule has 0 unspecified atom stereocenters. The minimum absolute atomic E-state index is 0.0393. The van der Waals surface area contributed by atoms with E-state index in [1.807, 2.05) is 50.2 Å². The van der Waals surface area contributed by atoms with Gasteiger partial charge in [-0.1, -0.05) is 18.2 Å². The van der Waals surface area contributed by atoms with Crippen molar-refractivity contribution in [3.8, 4) is 11.5 Å². The molecule has 2 aromatic carbocycles. The van der Waals surface area contributed by atoms with Gasteiger partial charge in [-0.3, -0.25) is 4.79 Å². The Morgan fingerprint density at radius 2 is 1.95 bits per heavy atom. The maximum Gasteiger partial charge on any atom is 0.231 e. The molecular formula is C17H17NO3. The third-order valence-corrected chi connectivity index (χ3v) is 3.68. The van der Waals surface area contributed by atoms with E-state index in [0.717, 1.165) is 28.1 Å². The van der Waals surface area contributed by atoms with Crippen LogP contribution < -0.4 is 14.8 Å². The van der Waals surface area contributed by atoms with E-state index in [4.69, 9.17) is 9.47 Å². The second-order valence-electron chi connectivity index (χ2n) is 5.16.